The highest BCUT2D eigenvalue weighted by atomic mass is 16.8. The van der Waals surface area contributed by atoms with Crippen LogP contribution in [0.25, 0.3) is 6.08 Å². The van der Waals surface area contributed by atoms with E-state index in [-0.39, 0.29) is 39.5 Å². The number of aromatic hydroxyl groups is 2. The fourth-order valence-electron chi connectivity index (χ4n) is 7.13. The summed E-state index contributed by atoms with van der Waals surface area (Å²) in [4.78, 5) is 40.0. The molecule has 19 nitrogen and oxygen atoms in total. The second kappa shape index (κ2) is 15.2. The Hall–Kier alpha value is -4.73. The second-order valence-electron chi connectivity index (χ2n) is 12.9. The Morgan fingerprint density at radius 3 is 2.28 bits per heavy atom. The Balaban J connectivity index is 1.46. The molecule has 0 radical (unpaired) electrons. The highest BCUT2D eigenvalue weighted by Crippen LogP contribution is 2.55. The first kappa shape index (κ1) is 39.0. The van der Waals surface area contributed by atoms with Crippen LogP contribution in [0.2, 0.25) is 0 Å². The predicted molar refractivity (Wildman–Crippen MR) is 175 cm³/mol. The van der Waals surface area contributed by atoms with E-state index in [0.29, 0.717) is 0 Å². The van der Waals surface area contributed by atoms with Crippen LogP contribution in [0, 0.1) is 5.92 Å². The largest absolute Gasteiger partial charge is 0.504 e. The molecule has 2 aromatic rings. The van der Waals surface area contributed by atoms with Crippen LogP contribution in [0.3, 0.4) is 0 Å². The van der Waals surface area contributed by atoms with Gasteiger partial charge in [-0.2, -0.15) is 0 Å². The van der Waals surface area contributed by atoms with Gasteiger partial charge in [0.05, 0.1) is 26.9 Å². The molecule has 54 heavy (non-hydrogen) atoms. The number of hydrogen-bond acceptors (Lipinski definition) is 19. The third-order valence-corrected chi connectivity index (χ3v) is 9.83. The molecular formula is C35H40O19. The van der Waals surface area contributed by atoms with Gasteiger partial charge >= 0.3 is 17.9 Å². The Labute approximate surface area is 306 Å². The van der Waals surface area contributed by atoms with E-state index in [9.17, 15) is 50.1 Å². The third kappa shape index (κ3) is 6.66. The summed E-state index contributed by atoms with van der Waals surface area (Å²) in [6.45, 7) is -1.39. The SMILES string of the molecule is COc1ccc(OC)c([C@H]2c3c(cc(OC)c(O)c3O)C=C3C(=O)OC[C@H]4O[C@@](CO)(O[C@H]5O[C@H](COC(C)=O)[C@@H](O)[C@H](O)[C@H]5O)[C@@H](OC(=O)[C@@H]32)[C@@H]4O)c1. The maximum atomic E-state index is 14.7. The molecule has 3 heterocycles. The minimum atomic E-state index is -2.58. The van der Waals surface area contributed by atoms with E-state index in [1.54, 1.807) is 6.07 Å². The van der Waals surface area contributed by atoms with Crippen molar-refractivity contribution in [2.45, 2.75) is 67.6 Å². The fourth-order valence-corrected chi connectivity index (χ4v) is 7.13. The average Bonchev–Trinajstić information content (AvgIpc) is 3.41. The Morgan fingerprint density at radius 1 is 0.907 bits per heavy atom. The van der Waals surface area contributed by atoms with E-state index in [0.717, 1.165) is 6.92 Å². The van der Waals surface area contributed by atoms with Gasteiger partial charge in [0.15, 0.2) is 23.9 Å². The summed E-state index contributed by atoms with van der Waals surface area (Å²) < 4.78 is 49.9. The topological polar surface area (TPSA) is 276 Å². The Kier molecular flexibility index (Phi) is 11.0. The van der Waals surface area contributed by atoms with E-state index in [1.165, 1.54) is 45.6 Å². The van der Waals surface area contributed by atoms with E-state index < -0.39 is 116 Å². The molecule has 3 saturated heterocycles. The van der Waals surface area contributed by atoms with Crippen molar-refractivity contribution in [3.05, 3.63) is 46.5 Å². The van der Waals surface area contributed by atoms with Crippen LogP contribution in [0.4, 0.5) is 0 Å². The summed E-state index contributed by atoms with van der Waals surface area (Å²) in [5.41, 5.74) is -0.0420. The van der Waals surface area contributed by atoms with Crippen LogP contribution in [0.1, 0.15) is 29.5 Å². The van der Waals surface area contributed by atoms with Crippen molar-refractivity contribution in [3.63, 3.8) is 0 Å². The molecule has 3 aliphatic heterocycles. The van der Waals surface area contributed by atoms with Gasteiger partial charge in [-0.3, -0.25) is 9.59 Å². The lowest BCUT2D eigenvalue weighted by atomic mass is 9.70. The first-order valence-electron chi connectivity index (χ1n) is 16.6. The molecule has 19 heteroatoms. The number of cyclic esters (lactones) is 1. The van der Waals surface area contributed by atoms with Gasteiger partial charge in [0.1, 0.15) is 73.9 Å². The van der Waals surface area contributed by atoms with Crippen molar-refractivity contribution in [1.82, 2.24) is 0 Å². The van der Waals surface area contributed by atoms with Crippen molar-refractivity contribution in [1.29, 1.82) is 0 Å². The minimum absolute atomic E-state index is 0.0636. The number of aliphatic hydroxyl groups excluding tert-OH is 5. The zero-order valence-corrected chi connectivity index (χ0v) is 29.3. The summed E-state index contributed by atoms with van der Waals surface area (Å²) in [5, 5.41) is 76.4. The van der Waals surface area contributed by atoms with Gasteiger partial charge in [-0.05, 0) is 35.9 Å². The van der Waals surface area contributed by atoms with Gasteiger partial charge in [0, 0.05) is 24.0 Å². The number of ether oxygens (including phenoxy) is 9. The van der Waals surface area contributed by atoms with E-state index in [4.69, 9.17) is 42.6 Å². The lowest BCUT2D eigenvalue weighted by molar-refractivity contribution is -0.383. The number of carbonyl (C=O) groups excluding carboxylic acids is 3. The van der Waals surface area contributed by atoms with Gasteiger partial charge in [-0.25, -0.2) is 4.79 Å². The number of phenolic OH excluding ortho intramolecular Hbond substituents is 2. The van der Waals surface area contributed by atoms with Gasteiger partial charge < -0.3 is 78.4 Å². The molecular weight excluding hydrogens is 724 g/mol. The molecule has 0 spiro atoms. The maximum absolute atomic E-state index is 14.7. The van der Waals surface area contributed by atoms with Crippen molar-refractivity contribution in [2.75, 3.05) is 41.2 Å². The number of esters is 3. The van der Waals surface area contributed by atoms with Crippen LogP contribution in [-0.4, -0.2) is 150 Å². The summed E-state index contributed by atoms with van der Waals surface area (Å²) in [5.74, 6) is -9.91. The number of methoxy groups -OCH3 is 3. The lowest BCUT2D eigenvalue weighted by Gasteiger charge is -2.44. The number of hydrogen-bond donors (Lipinski definition) is 7. The molecule has 11 atom stereocenters. The summed E-state index contributed by atoms with van der Waals surface area (Å²) >= 11 is 0. The predicted octanol–water partition coefficient (Wildman–Crippen LogP) is -1.43. The molecule has 4 aliphatic rings. The number of phenols is 2. The molecule has 6 rings (SSSR count). The number of benzene rings is 2. The molecule has 1 aliphatic carbocycles. The molecule has 7 N–H and O–H groups in total. The van der Waals surface area contributed by atoms with Gasteiger partial charge in [-0.15, -0.1) is 0 Å². The smallest absolute Gasteiger partial charge is 0.335 e. The van der Waals surface area contributed by atoms with Crippen molar-refractivity contribution in [2.24, 2.45) is 5.92 Å². The van der Waals surface area contributed by atoms with Crippen molar-refractivity contribution in [3.8, 4) is 28.7 Å². The zero-order chi connectivity index (χ0) is 39.2. The quantitative estimate of drug-likeness (QED) is 0.0876. The molecule has 2 bridgehead atoms. The molecule has 2 aromatic carbocycles. The normalized spacial score (nSPS) is 33.3. The number of rotatable bonds is 9. The van der Waals surface area contributed by atoms with Crippen LogP contribution < -0.4 is 14.2 Å². The minimum Gasteiger partial charge on any atom is -0.504 e. The first-order chi connectivity index (χ1) is 25.7. The van der Waals surface area contributed by atoms with Crippen LogP contribution in [-0.2, 0) is 42.8 Å². The third-order valence-electron chi connectivity index (χ3n) is 9.83. The molecule has 0 amide bonds. The second-order valence-corrected chi connectivity index (χ2v) is 12.9. The monoisotopic (exact) mass is 764 g/mol. The van der Waals surface area contributed by atoms with Gasteiger partial charge in [0.25, 0.3) is 0 Å². The Bertz CT molecular complexity index is 1810. The fraction of sp³-hybridized carbons (Fsp3) is 0.514. The molecule has 0 saturated carbocycles. The number of fused-ring (bicyclic) bond motifs is 4. The van der Waals surface area contributed by atoms with Crippen LogP contribution >= 0.6 is 0 Å². The first-order valence-corrected chi connectivity index (χ1v) is 16.6. The van der Waals surface area contributed by atoms with Crippen LogP contribution in [0.15, 0.2) is 29.8 Å². The highest BCUT2D eigenvalue weighted by molar-refractivity contribution is 6.02. The summed E-state index contributed by atoms with van der Waals surface area (Å²) in [6, 6.07) is 5.88. The zero-order valence-electron chi connectivity index (χ0n) is 29.3. The molecule has 0 aromatic heterocycles. The van der Waals surface area contributed by atoms with E-state index in [1.807, 2.05) is 0 Å². The average molecular weight is 765 g/mol. The highest BCUT2D eigenvalue weighted by Gasteiger charge is 2.62. The van der Waals surface area contributed by atoms with Crippen molar-refractivity contribution >= 4 is 24.0 Å². The van der Waals surface area contributed by atoms with Gasteiger partial charge in [0.2, 0.25) is 11.5 Å². The van der Waals surface area contributed by atoms with Crippen LogP contribution in [0.5, 0.6) is 28.7 Å². The van der Waals surface area contributed by atoms with E-state index >= 15 is 0 Å². The maximum Gasteiger partial charge on any atom is 0.335 e. The molecule has 0 unspecified atom stereocenters. The summed E-state index contributed by atoms with van der Waals surface area (Å²) in [6.07, 6.45) is -13.3. The van der Waals surface area contributed by atoms with Crippen molar-refractivity contribution < 1.29 is 92.8 Å². The standard InChI is InChI=1S/C35H40O19/c1-13(37)49-10-20-26(39)29(42)30(43)34(51-20)54-35(12-36)31-27(40)21(53-35)11-50-32(44)17-7-14-8-19(48-4)25(38)28(41)22(14)23(24(17)33(45)52-31)16-9-15(46-2)5-6-18(16)47-3/h5-9,20-21,23-24,26-27,29-31,34,36,38-43H,10-12H2,1-4H3/t20-,21-,23+,24+,26-,27-,29+,30-,31+,34-,35+/m1/s1. The molecule has 294 valence electrons. The number of carbonyl (C=O) groups is 3. The lowest BCUT2D eigenvalue weighted by Crippen LogP contribution is -2.63. The summed E-state index contributed by atoms with van der Waals surface area (Å²) in [7, 11) is 3.96. The van der Waals surface area contributed by atoms with Gasteiger partial charge in [-0.1, -0.05) is 0 Å². The van der Waals surface area contributed by atoms with E-state index in [2.05, 4.69) is 0 Å². The number of aliphatic hydroxyl groups is 5. The Morgan fingerprint density at radius 2 is 1.63 bits per heavy atom. The molecule has 3 fully saturated rings.